The maximum Gasteiger partial charge on any atom is 0.253 e. The average Bonchev–Trinajstić information content (AvgIpc) is 2.67. The van der Waals surface area contributed by atoms with Crippen LogP contribution >= 0.6 is 0 Å². The molecule has 0 radical (unpaired) electrons. The van der Waals surface area contributed by atoms with Gasteiger partial charge in [0.25, 0.3) is 5.91 Å². The Morgan fingerprint density at radius 3 is 2.42 bits per heavy atom. The van der Waals surface area contributed by atoms with Crippen molar-refractivity contribution < 1.29 is 9.53 Å². The minimum Gasteiger partial charge on any atom is -0.378 e. The van der Waals surface area contributed by atoms with Crippen LogP contribution in [-0.2, 0) is 4.74 Å². The maximum absolute atomic E-state index is 12.6. The summed E-state index contributed by atoms with van der Waals surface area (Å²) in [7, 11) is 1.87. The number of carbonyl (C=O) groups is 1. The summed E-state index contributed by atoms with van der Waals surface area (Å²) >= 11 is 0. The van der Waals surface area contributed by atoms with E-state index >= 15 is 0 Å². The highest BCUT2D eigenvalue weighted by Gasteiger charge is 2.17. The summed E-state index contributed by atoms with van der Waals surface area (Å²) in [6.07, 6.45) is 4.76. The van der Waals surface area contributed by atoms with Crippen LogP contribution in [-0.4, -0.2) is 37.1 Å². The summed E-state index contributed by atoms with van der Waals surface area (Å²) in [5, 5.41) is 0. The molecule has 0 bridgehead atoms. The van der Waals surface area contributed by atoms with Crippen LogP contribution in [0.1, 0.15) is 36.0 Å². The summed E-state index contributed by atoms with van der Waals surface area (Å²) in [6.45, 7) is 1.60. The van der Waals surface area contributed by atoms with Gasteiger partial charge in [-0.3, -0.25) is 4.79 Å². The molecule has 0 aromatic heterocycles. The molecule has 126 valence electrons. The first-order chi connectivity index (χ1) is 11.7. The van der Waals surface area contributed by atoms with Gasteiger partial charge in [0.2, 0.25) is 0 Å². The SMILES string of the molecule is CN(CCC1CCCCO1)C(=O)c1ccc(-c2ccccc2)cc1. The van der Waals surface area contributed by atoms with Crippen molar-refractivity contribution in [2.75, 3.05) is 20.2 Å². The number of amides is 1. The molecule has 1 aliphatic rings. The topological polar surface area (TPSA) is 29.5 Å². The highest BCUT2D eigenvalue weighted by molar-refractivity contribution is 5.94. The Morgan fingerprint density at radius 1 is 1.04 bits per heavy atom. The van der Waals surface area contributed by atoms with Gasteiger partial charge < -0.3 is 9.64 Å². The highest BCUT2D eigenvalue weighted by atomic mass is 16.5. The van der Waals surface area contributed by atoms with Crippen LogP contribution in [0.3, 0.4) is 0 Å². The fourth-order valence-electron chi connectivity index (χ4n) is 3.13. The number of hydrogen-bond donors (Lipinski definition) is 0. The van der Waals surface area contributed by atoms with Gasteiger partial charge >= 0.3 is 0 Å². The summed E-state index contributed by atoms with van der Waals surface area (Å²) in [4.78, 5) is 14.4. The number of rotatable bonds is 5. The van der Waals surface area contributed by atoms with E-state index in [1.54, 1.807) is 4.90 Å². The second-order valence-electron chi connectivity index (χ2n) is 6.45. The molecular weight excluding hydrogens is 298 g/mol. The van der Waals surface area contributed by atoms with Gasteiger partial charge in [0.1, 0.15) is 0 Å². The summed E-state index contributed by atoms with van der Waals surface area (Å²) in [6, 6.07) is 18.1. The Hall–Kier alpha value is -2.13. The molecule has 1 amide bonds. The van der Waals surface area contributed by atoms with E-state index in [2.05, 4.69) is 12.1 Å². The van der Waals surface area contributed by atoms with E-state index in [1.807, 2.05) is 49.5 Å². The van der Waals surface area contributed by atoms with Crippen LogP contribution in [0.4, 0.5) is 0 Å². The van der Waals surface area contributed by atoms with Crippen LogP contribution in [0.25, 0.3) is 11.1 Å². The Bertz CT molecular complexity index is 645. The first kappa shape index (κ1) is 16.7. The molecule has 1 saturated heterocycles. The Morgan fingerprint density at radius 2 is 1.75 bits per heavy atom. The summed E-state index contributed by atoms with van der Waals surface area (Å²) in [5.41, 5.74) is 3.03. The zero-order valence-electron chi connectivity index (χ0n) is 14.3. The van der Waals surface area contributed by atoms with Gasteiger partial charge in [-0.1, -0.05) is 42.5 Å². The first-order valence-corrected chi connectivity index (χ1v) is 8.76. The zero-order chi connectivity index (χ0) is 16.8. The summed E-state index contributed by atoms with van der Waals surface area (Å²) in [5.74, 6) is 0.0745. The predicted molar refractivity (Wildman–Crippen MR) is 97.0 cm³/mol. The lowest BCUT2D eigenvalue weighted by molar-refractivity contribution is 0.00709. The fourth-order valence-corrected chi connectivity index (χ4v) is 3.13. The van der Waals surface area contributed by atoms with Crippen LogP contribution in [0.2, 0.25) is 0 Å². The number of benzene rings is 2. The minimum absolute atomic E-state index is 0.0745. The molecule has 2 aromatic carbocycles. The van der Waals surface area contributed by atoms with Gasteiger partial charge in [-0.25, -0.2) is 0 Å². The third-order valence-corrected chi connectivity index (χ3v) is 4.65. The predicted octanol–water partition coefficient (Wildman–Crippen LogP) is 4.38. The van der Waals surface area contributed by atoms with E-state index in [4.69, 9.17) is 4.74 Å². The minimum atomic E-state index is 0.0745. The van der Waals surface area contributed by atoms with Gasteiger partial charge in [0, 0.05) is 25.8 Å². The van der Waals surface area contributed by atoms with Crippen LogP contribution in [0.5, 0.6) is 0 Å². The number of carbonyl (C=O) groups excluding carboxylic acids is 1. The molecule has 1 fully saturated rings. The average molecular weight is 323 g/mol. The van der Waals surface area contributed by atoms with Gasteiger partial charge in [-0.05, 0) is 48.9 Å². The Balaban J connectivity index is 1.57. The van der Waals surface area contributed by atoms with E-state index in [-0.39, 0.29) is 5.91 Å². The molecule has 1 aliphatic heterocycles. The molecule has 0 N–H and O–H groups in total. The fraction of sp³-hybridized carbons (Fsp3) is 0.381. The third-order valence-electron chi connectivity index (χ3n) is 4.65. The summed E-state index contributed by atoms with van der Waals surface area (Å²) < 4.78 is 5.74. The highest BCUT2D eigenvalue weighted by Crippen LogP contribution is 2.20. The molecule has 0 aliphatic carbocycles. The first-order valence-electron chi connectivity index (χ1n) is 8.76. The second kappa shape index (κ2) is 8.11. The molecule has 3 nitrogen and oxygen atoms in total. The second-order valence-corrected chi connectivity index (χ2v) is 6.45. The van der Waals surface area contributed by atoms with Gasteiger partial charge in [-0.2, -0.15) is 0 Å². The van der Waals surface area contributed by atoms with Crippen molar-refractivity contribution in [2.24, 2.45) is 0 Å². The van der Waals surface area contributed by atoms with Gasteiger partial charge in [0.05, 0.1) is 6.10 Å². The van der Waals surface area contributed by atoms with Gasteiger partial charge in [-0.15, -0.1) is 0 Å². The van der Waals surface area contributed by atoms with Crippen molar-refractivity contribution in [1.29, 1.82) is 0 Å². The largest absolute Gasteiger partial charge is 0.378 e. The quantitative estimate of drug-likeness (QED) is 0.817. The number of ether oxygens (including phenoxy) is 1. The molecule has 24 heavy (non-hydrogen) atoms. The molecule has 1 atom stereocenters. The Kier molecular flexibility index (Phi) is 5.65. The van der Waals surface area contributed by atoms with Crippen molar-refractivity contribution >= 4 is 5.91 Å². The monoisotopic (exact) mass is 323 g/mol. The lowest BCUT2D eigenvalue weighted by Gasteiger charge is -2.25. The van der Waals surface area contributed by atoms with Gasteiger partial charge in [0.15, 0.2) is 0 Å². The molecule has 1 unspecified atom stereocenters. The van der Waals surface area contributed by atoms with Crippen molar-refractivity contribution in [3.05, 3.63) is 60.2 Å². The molecule has 3 heteroatoms. The molecular formula is C21H25NO2. The van der Waals surface area contributed by atoms with E-state index < -0.39 is 0 Å². The zero-order valence-corrected chi connectivity index (χ0v) is 14.3. The smallest absolute Gasteiger partial charge is 0.253 e. The van der Waals surface area contributed by atoms with Crippen molar-refractivity contribution in [1.82, 2.24) is 4.90 Å². The standard InChI is InChI=1S/C21H25NO2/c1-22(15-14-20-9-5-6-16-24-20)21(23)19-12-10-18(11-13-19)17-7-3-2-4-8-17/h2-4,7-8,10-13,20H,5-6,9,14-16H2,1H3. The molecule has 0 saturated carbocycles. The number of hydrogen-bond acceptors (Lipinski definition) is 2. The Labute approximate surface area is 144 Å². The van der Waals surface area contributed by atoms with Crippen molar-refractivity contribution in [3.8, 4) is 11.1 Å². The van der Waals surface area contributed by atoms with E-state index in [9.17, 15) is 4.79 Å². The molecule has 1 heterocycles. The third kappa shape index (κ3) is 4.24. The molecule has 0 spiro atoms. The maximum atomic E-state index is 12.6. The van der Waals surface area contributed by atoms with Crippen LogP contribution < -0.4 is 0 Å². The van der Waals surface area contributed by atoms with E-state index in [1.165, 1.54) is 18.4 Å². The van der Waals surface area contributed by atoms with E-state index in [0.29, 0.717) is 6.10 Å². The lowest BCUT2D eigenvalue weighted by Crippen LogP contribution is -2.31. The van der Waals surface area contributed by atoms with Crippen LogP contribution in [0, 0.1) is 0 Å². The molecule has 3 rings (SSSR count). The normalized spacial score (nSPS) is 17.5. The number of nitrogens with zero attached hydrogens (tertiary/aromatic N) is 1. The van der Waals surface area contributed by atoms with Crippen molar-refractivity contribution in [2.45, 2.75) is 31.8 Å². The lowest BCUT2D eigenvalue weighted by atomic mass is 10.0. The van der Waals surface area contributed by atoms with Crippen molar-refractivity contribution in [3.63, 3.8) is 0 Å². The van der Waals surface area contributed by atoms with Crippen LogP contribution in [0.15, 0.2) is 54.6 Å². The van der Waals surface area contributed by atoms with E-state index in [0.717, 1.165) is 37.1 Å². The molecule has 2 aromatic rings.